The maximum absolute atomic E-state index is 12.4. The molecule has 0 unspecified atom stereocenters. The summed E-state index contributed by atoms with van der Waals surface area (Å²) in [6.45, 7) is 3.58. The second-order valence-corrected chi connectivity index (χ2v) is 6.91. The lowest BCUT2D eigenvalue weighted by Crippen LogP contribution is -2.14. The van der Waals surface area contributed by atoms with Crippen molar-refractivity contribution in [1.29, 1.82) is 0 Å². The van der Waals surface area contributed by atoms with E-state index in [-0.39, 0.29) is 15.6 Å². The average molecular weight is 330 g/mol. The highest BCUT2D eigenvalue weighted by Gasteiger charge is 2.18. The third-order valence-corrected chi connectivity index (χ3v) is 5.16. The topological polar surface area (TPSA) is 46.2 Å². The summed E-state index contributed by atoms with van der Waals surface area (Å²) in [5.74, 6) is 0. The predicted octanol–water partition coefficient (Wildman–Crippen LogP) is 4.41. The van der Waals surface area contributed by atoms with Crippen molar-refractivity contribution in [3.63, 3.8) is 0 Å². The minimum absolute atomic E-state index is 0.183. The molecule has 6 heteroatoms. The fourth-order valence-electron chi connectivity index (χ4n) is 1.78. The molecule has 0 amide bonds. The van der Waals surface area contributed by atoms with Gasteiger partial charge in [-0.15, -0.1) is 0 Å². The normalized spacial score (nSPS) is 11.4. The summed E-state index contributed by atoms with van der Waals surface area (Å²) in [5, 5.41) is 0.482. The van der Waals surface area contributed by atoms with Crippen molar-refractivity contribution in [3.8, 4) is 0 Å². The van der Waals surface area contributed by atoms with Gasteiger partial charge in [0.25, 0.3) is 10.0 Å². The summed E-state index contributed by atoms with van der Waals surface area (Å²) in [5.41, 5.74) is 1.80. The minimum atomic E-state index is -3.70. The molecule has 0 aliphatic heterocycles. The number of aryl methyl sites for hydroxylation is 2. The van der Waals surface area contributed by atoms with Gasteiger partial charge in [0.2, 0.25) is 0 Å². The summed E-state index contributed by atoms with van der Waals surface area (Å²) >= 11 is 11.9. The second-order valence-electron chi connectivity index (χ2n) is 4.48. The summed E-state index contributed by atoms with van der Waals surface area (Å²) in [6.07, 6.45) is 0. The number of hydrogen-bond donors (Lipinski definition) is 1. The Balaban J connectivity index is 2.46. The second kappa shape index (κ2) is 5.64. The lowest BCUT2D eigenvalue weighted by Gasteiger charge is -2.12. The molecule has 106 valence electrons. The van der Waals surface area contributed by atoms with Crippen LogP contribution in [0.5, 0.6) is 0 Å². The Hall–Kier alpha value is -1.23. The zero-order chi connectivity index (χ0) is 14.9. The van der Waals surface area contributed by atoms with Crippen LogP contribution in [0.25, 0.3) is 0 Å². The van der Waals surface area contributed by atoms with Gasteiger partial charge in [0.05, 0.1) is 20.6 Å². The molecule has 0 fully saturated rings. The van der Waals surface area contributed by atoms with Gasteiger partial charge >= 0.3 is 0 Å². The van der Waals surface area contributed by atoms with Crippen LogP contribution in [0.4, 0.5) is 5.69 Å². The largest absolute Gasteiger partial charge is 0.278 e. The molecule has 0 saturated heterocycles. The van der Waals surface area contributed by atoms with Gasteiger partial charge in [0.1, 0.15) is 0 Å². The van der Waals surface area contributed by atoms with Gasteiger partial charge in [0, 0.05) is 0 Å². The monoisotopic (exact) mass is 329 g/mol. The van der Waals surface area contributed by atoms with Gasteiger partial charge < -0.3 is 0 Å². The molecular weight excluding hydrogens is 317 g/mol. The lowest BCUT2D eigenvalue weighted by atomic mass is 10.2. The Morgan fingerprint density at radius 1 is 1.05 bits per heavy atom. The van der Waals surface area contributed by atoms with Gasteiger partial charge in [-0.25, -0.2) is 8.42 Å². The Bertz CT molecular complexity index is 758. The highest BCUT2D eigenvalue weighted by Crippen LogP contribution is 2.31. The summed E-state index contributed by atoms with van der Waals surface area (Å²) in [7, 11) is -3.70. The highest BCUT2D eigenvalue weighted by atomic mass is 35.5. The first-order chi connectivity index (χ1) is 9.31. The van der Waals surface area contributed by atoms with E-state index in [0.29, 0.717) is 10.6 Å². The fraction of sp³-hybridized carbons (Fsp3) is 0.143. The van der Waals surface area contributed by atoms with Crippen LogP contribution in [0, 0.1) is 13.8 Å². The number of benzene rings is 2. The van der Waals surface area contributed by atoms with Crippen LogP contribution < -0.4 is 4.72 Å². The first-order valence-corrected chi connectivity index (χ1v) is 8.09. The molecule has 0 radical (unpaired) electrons. The van der Waals surface area contributed by atoms with E-state index in [1.165, 1.54) is 0 Å². The molecule has 20 heavy (non-hydrogen) atoms. The molecule has 0 aromatic heterocycles. The standard InChI is InChI=1S/C14H13Cl2NO2S/c1-9-6-7-10(2)13(8-9)20(18,19)17-12-5-3-4-11(15)14(12)16/h3-8,17H,1-2H3. The van der Waals surface area contributed by atoms with Crippen LogP contribution >= 0.6 is 23.2 Å². The van der Waals surface area contributed by atoms with Gasteiger partial charge in [-0.1, -0.05) is 41.4 Å². The van der Waals surface area contributed by atoms with E-state index in [4.69, 9.17) is 23.2 Å². The first kappa shape index (κ1) is 15.2. The molecule has 0 spiro atoms. The van der Waals surface area contributed by atoms with Crippen molar-refractivity contribution >= 4 is 38.9 Å². The van der Waals surface area contributed by atoms with E-state index in [0.717, 1.165) is 5.56 Å². The molecule has 0 atom stereocenters. The number of hydrogen-bond acceptors (Lipinski definition) is 2. The molecular formula is C14H13Cl2NO2S. The van der Waals surface area contributed by atoms with Crippen molar-refractivity contribution in [3.05, 3.63) is 57.6 Å². The molecule has 0 saturated carbocycles. The number of anilines is 1. The van der Waals surface area contributed by atoms with Crippen molar-refractivity contribution in [1.82, 2.24) is 0 Å². The molecule has 2 aromatic rings. The summed E-state index contributed by atoms with van der Waals surface area (Å²) in [4.78, 5) is 0.230. The molecule has 0 bridgehead atoms. The zero-order valence-electron chi connectivity index (χ0n) is 10.9. The third kappa shape index (κ3) is 3.08. The number of sulfonamides is 1. The average Bonchev–Trinajstić information content (AvgIpc) is 2.37. The van der Waals surface area contributed by atoms with Crippen LogP contribution in [-0.4, -0.2) is 8.42 Å². The molecule has 3 nitrogen and oxygen atoms in total. The first-order valence-electron chi connectivity index (χ1n) is 5.85. The van der Waals surface area contributed by atoms with Crippen molar-refractivity contribution in [2.24, 2.45) is 0 Å². The lowest BCUT2D eigenvalue weighted by molar-refractivity contribution is 0.600. The van der Waals surface area contributed by atoms with Crippen LogP contribution in [0.1, 0.15) is 11.1 Å². The number of halogens is 2. The SMILES string of the molecule is Cc1ccc(C)c(S(=O)(=O)Nc2cccc(Cl)c2Cl)c1. The molecule has 2 rings (SSSR count). The van der Waals surface area contributed by atoms with Gasteiger partial charge in [-0.3, -0.25) is 4.72 Å². The zero-order valence-corrected chi connectivity index (χ0v) is 13.3. The maximum Gasteiger partial charge on any atom is 0.262 e. The maximum atomic E-state index is 12.4. The van der Waals surface area contributed by atoms with Crippen LogP contribution in [0.2, 0.25) is 10.0 Å². The third-order valence-electron chi connectivity index (χ3n) is 2.83. The molecule has 0 aliphatic rings. The van der Waals surface area contributed by atoms with Crippen LogP contribution in [0.3, 0.4) is 0 Å². The van der Waals surface area contributed by atoms with E-state index in [1.54, 1.807) is 37.3 Å². The highest BCUT2D eigenvalue weighted by molar-refractivity contribution is 7.92. The fourth-order valence-corrected chi connectivity index (χ4v) is 3.59. The number of nitrogens with one attached hydrogen (secondary N) is 1. The quantitative estimate of drug-likeness (QED) is 0.906. The number of rotatable bonds is 3. The minimum Gasteiger partial charge on any atom is -0.278 e. The molecule has 0 aliphatic carbocycles. The van der Waals surface area contributed by atoms with E-state index in [1.807, 2.05) is 13.0 Å². The molecule has 2 aromatic carbocycles. The Morgan fingerprint density at radius 3 is 2.45 bits per heavy atom. The van der Waals surface area contributed by atoms with Crippen molar-refractivity contribution < 1.29 is 8.42 Å². The summed E-state index contributed by atoms with van der Waals surface area (Å²) in [6, 6.07) is 10.0. The Labute approximate surface area is 128 Å². The van der Waals surface area contributed by atoms with Crippen LogP contribution in [-0.2, 0) is 10.0 Å². The van der Waals surface area contributed by atoms with Crippen molar-refractivity contribution in [2.45, 2.75) is 18.7 Å². The summed E-state index contributed by atoms with van der Waals surface area (Å²) < 4.78 is 27.3. The molecule has 1 N–H and O–H groups in total. The van der Waals surface area contributed by atoms with Gasteiger partial charge in [-0.2, -0.15) is 0 Å². The Morgan fingerprint density at radius 2 is 1.75 bits per heavy atom. The van der Waals surface area contributed by atoms with E-state index < -0.39 is 10.0 Å². The van der Waals surface area contributed by atoms with E-state index in [9.17, 15) is 8.42 Å². The van der Waals surface area contributed by atoms with Gasteiger partial charge in [-0.05, 0) is 43.2 Å². The van der Waals surface area contributed by atoms with Crippen molar-refractivity contribution in [2.75, 3.05) is 4.72 Å². The van der Waals surface area contributed by atoms with Crippen LogP contribution in [0.15, 0.2) is 41.3 Å². The predicted molar refractivity (Wildman–Crippen MR) is 83.2 cm³/mol. The van der Waals surface area contributed by atoms with E-state index >= 15 is 0 Å². The molecule has 0 heterocycles. The smallest absolute Gasteiger partial charge is 0.262 e. The Kier molecular flexibility index (Phi) is 4.28. The van der Waals surface area contributed by atoms with Gasteiger partial charge in [0.15, 0.2) is 0 Å². The van der Waals surface area contributed by atoms with E-state index in [2.05, 4.69) is 4.72 Å².